The van der Waals surface area contributed by atoms with Crippen LogP contribution < -0.4 is 14.6 Å². The smallest absolute Gasteiger partial charge is 0.364 e. The van der Waals surface area contributed by atoms with Crippen LogP contribution in [0.4, 0.5) is 5.69 Å². The van der Waals surface area contributed by atoms with Crippen molar-refractivity contribution in [2.45, 2.75) is 18.7 Å². The minimum Gasteiger partial charge on any atom is -0.422 e. The Balaban J connectivity index is 1.58. The molecule has 34 heavy (non-hydrogen) atoms. The Morgan fingerprint density at radius 2 is 1.59 bits per heavy atom. The first-order chi connectivity index (χ1) is 16.1. The molecule has 4 aromatic rings. The first kappa shape index (κ1) is 23.2. The number of rotatable bonds is 5. The van der Waals surface area contributed by atoms with E-state index < -0.39 is 16.0 Å². The molecule has 0 fully saturated rings. The van der Waals surface area contributed by atoms with E-state index in [0.29, 0.717) is 16.5 Å². The van der Waals surface area contributed by atoms with Gasteiger partial charge < -0.3 is 4.74 Å². The molecule has 0 aliphatic heterocycles. The molecule has 0 amide bonds. The summed E-state index contributed by atoms with van der Waals surface area (Å²) in [6.45, 7) is 3.78. The van der Waals surface area contributed by atoms with Gasteiger partial charge in [-0.2, -0.15) is 5.10 Å². The molecule has 0 unspecified atom stereocenters. The number of fused-ring (bicyclic) bond motifs is 1. The van der Waals surface area contributed by atoms with Crippen molar-refractivity contribution in [3.63, 3.8) is 0 Å². The van der Waals surface area contributed by atoms with Gasteiger partial charge in [0, 0.05) is 19.5 Å². The van der Waals surface area contributed by atoms with Crippen LogP contribution in [0, 0.1) is 13.8 Å². The lowest BCUT2D eigenvalue weighted by Crippen LogP contribution is -2.26. The maximum atomic E-state index is 13.0. The van der Waals surface area contributed by atoms with Crippen LogP contribution in [0.3, 0.4) is 0 Å². The molecule has 0 N–H and O–H groups in total. The van der Waals surface area contributed by atoms with Crippen LogP contribution in [0.2, 0.25) is 0 Å². The Morgan fingerprint density at radius 1 is 0.941 bits per heavy atom. The van der Waals surface area contributed by atoms with E-state index in [9.17, 15) is 18.0 Å². The van der Waals surface area contributed by atoms with E-state index in [2.05, 4.69) is 5.10 Å². The number of aromatic nitrogens is 2. The van der Waals surface area contributed by atoms with Crippen LogP contribution in [-0.2, 0) is 17.1 Å². The zero-order chi connectivity index (χ0) is 24.6. The molecule has 0 saturated carbocycles. The van der Waals surface area contributed by atoms with Gasteiger partial charge in [-0.15, -0.1) is 0 Å². The van der Waals surface area contributed by atoms with E-state index in [1.165, 1.54) is 30.5 Å². The highest BCUT2D eigenvalue weighted by molar-refractivity contribution is 7.92. The number of anilines is 1. The number of esters is 1. The van der Waals surface area contributed by atoms with Gasteiger partial charge in [0.2, 0.25) is 0 Å². The summed E-state index contributed by atoms with van der Waals surface area (Å²) >= 11 is 0. The van der Waals surface area contributed by atoms with Crippen molar-refractivity contribution in [1.82, 2.24) is 9.78 Å². The topological polar surface area (TPSA) is 98.6 Å². The number of ether oxygens (including phenoxy) is 1. The average molecular weight is 478 g/mol. The minimum absolute atomic E-state index is 0.0104. The second kappa shape index (κ2) is 8.75. The molecule has 0 atom stereocenters. The molecule has 0 bridgehead atoms. The lowest BCUT2D eigenvalue weighted by Gasteiger charge is -2.20. The van der Waals surface area contributed by atoms with E-state index in [4.69, 9.17) is 4.74 Å². The molecule has 1 heterocycles. The lowest BCUT2D eigenvalue weighted by molar-refractivity contribution is 0.0728. The summed E-state index contributed by atoms with van der Waals surface area (Å²) in [5, 5.41) is 4.82. The molecule has 3 aromatic carbocycles. The predicted octanol–water partition coefficient (Wildman–Crippen LogP) is 3.59. The molecule has 174 valence electrons. The Kier molecular flexibility index (Phi) is 5.97. The van der Waals surface area contributed by atoms with Gasteiger partial charge in [0.25, 0.3) is 15.6 Å². The van der Waals surface area contributed by atoms with Gasteiger partial charge in [-0.05, 0) is 67.4 Å². The van der Waals surface area contributed by atoms with Crippen molar-refractivity contribution >= 4 is 32.5 Å². The summed E-state index contributed by atoms with van der Waals surface area (Å²) in [5.41, 5.74) is 1.99. The molecule has 0 spiro atoms. The Hall–Kier alpha value is -3.98. The third kappa shape index (κ3) is 4.17. The van der Waals surface area contributed by atoms with Gasteiger partial charge in [-0.3, -0.25) is 9.10 Å². The van der Waals surface area contributed by atoms with Crippen molar-refractivity contribution in [3.05, 3.63) is 93.9 Å². The van der Waals surface area contributed by atoms with Gasteiger partial charge in [-0.1, -0.05) is 24.3 Å². The molecule has 0 radical (unpaired) electrons. The number of hydrogen-bond acceptors (Lipinski definition) is 6. The summed E-state index contributed by atoms with van der Waals surface area (Å²) in [6.07, 6.45) is 0. The van der Waals surface area contributed by atoms with E-state index in [-0.39, 0.29) is 21.9 Å². The van der Waals surface area contributed by atoms with Crippen LogP contribution in [0.25, 0.3) is 10.8 Å². The van der Waals surface area contributed by atoms with Gasteiger partial charge in [0.05, 0.1) is 16.0 Å². The molecule has 1 aromatic heterocycles. The first-order valence-electron chi connectivity index (χ1n) is 10.4. The zero-order valence-electron chi connectivity index (χ0n) is 19.1. The van der Waals surface area contributed by atoms with Gasteiger partial charge in [-0.25, -0.2) is 17.9 Å². The fourth-order valence-corrected chi connectivity index (χ4v) is 4.78. The summed E-state index contributed by atoms with van der Waals surface area (Å²) in [7, 11) is -0.831. The second-order valence-corrected chi connectivity index (χ2v) is 9.89. The third-order valence-electron chi connectivity index (χ3n) is 5.70. The van der Waals surface area contributed by atoms with Gasteiger partial charge in [0.1, 0.15) is 5.75 Å². The Bertz CT molecular complexity index is 1570. The Labute approximate surface area is 197 Å². The van der Waals surface area contributed by atoms with Gasteiger partial charge in [0.15, 0.2) is 5.69 Å². The number of aryl methyl sites for hydroxylation is 3. The van der Waals surface area contributed by atoms with E-state index >= 15 is 0 Å². The number of hydrogen-bond donors (Lipinski definition) is 0. The summed E-state index contributed by atoms with van der Waals surface area (Å²) in [6, 6.07) is 17.8. The molecular weight excluding hydrogens is 454 g/mol. The summed E-state index contributed by atoms with van der Waals surface area (Å²) < 4.78 is 33.8. The number of sulfonamides is 1. The Morgan fingerprint density at radius 3 is 2.24 bits per heavy atom. The van der Waals surface area contributed by atoms with E-state index in [1.54, 1.807) is 54.6 Å². The highest BCUT2D eigenvalue weighted by Crippen LogP contribution is 2.26. The lowest BCUT2D eigenvalue weighted by atomic mass is 10.1. The van der Waals surface area contributed by atoms with Crippen molar-refractivity contribution in [2.24, 2.45) is 7.05 Å². The van der Waals surface area contributed by atoms with E-state index in [0.717, 1.165) is 15.8 Å². The standard InChI is InChI=1S/C25H23N3O5S/c1-16-9-14-20(15-17(16)2)34(31,32)28(4)18-10-12-19(13-11-18)33-25(30)23-21-7-5-6-8-22(21)24(29)27(3)26-23/h5-15H,1-4H3. The predicted molar refractivity (Wildman–Crippen MR) is 130 cm³/mol. The zero-order valence-corrected chi connectivity index (χ0v) is 20.0. The molecule has 9 heteroatoms. The summed E-state index contributed by atoms with van der Waals surface area (Å²) in [5.74, 6) is -0.513. The maximum absolute atomic E-state index is 13.0. The van der Waals surface area contributed by atoms with Crippen molar-refractivity contribution in [3.8, 4) is 5.75 Å². The van der Waals surface area contributed by atoms with Crippen LogP contribution >= 0.6 is 0 Å². The first-order valence-corrected chi connectivity index (χ1v) is 11.9. The minimum atomic E-state index is -3.76. The molecular formula is C25H23N3O5S. The normalized spacial score (nSPS) is 11.4. The maximum Gasteiger partial charge on any atom is 0.364 e. The third-order valence-corrected chi connectivity index (χ3v) is 7.48. The number of carbonyl (C=O) groups excluding carboxylic acids is 1. The summed E-state index contributed by atoms with van der Waals surface area (Å²) in [4.78, 5) is 25.3. The number of benzene rings is 3. The molecule has 8 nitrogen and oxygen atoms in total. The largest absolute Gasteiger partial charge is 0.422 e. The van der Waals surface area contributed by atoms with Gasteiger partial charge >= 0.3 is 5.97 Å². The highest BCUT2D eigenvalue weighted by Gasteiger charge is 2.22. The highest BCUT2D eigenvalue weighted by atomic mass is 32.2. The quantitative estimate of drug-likeness (QED) is 0.322. The van der Waals surface area contributed by atoms with Crippen LogP contribution in [-0.4, -0.2) is 31.2 Å². The molecule has 0 saturated heterocycles. The number of nitrogens with zero attached hydrogens (tertiary/aromatic N) is 3. The molecule has 0 aliphatic rings. The second-order valence-electron chi connectivity index (χ2n) is 7.92. The average Bonchev–Trinajstić information content (AvgIpc) is 2.83. The molecule has 0 aliphatic carbocycles. The number of carbonyl (C=O) groups is 1. The SMILES string of the molecule is Cc1ccc(S(=O)(=O)N(C)c2ccc(OC(=O)c3nn(C)c(=O)c4ccccc34)cc2)cc1C. The fourth-order valence-electron chi connectivity index (χ4n) is 3.50. The molecule has 4 rings (SSSR count). The monoisotopic (exact) mass is 477 g/mol. The van der Waals surface area contributed by atoms with Crippen LogP contribution in [0.15, 0.2) is 76.4 Å². The van der Waals surface area contributed by atoms with E-state index in [1.807, 2.05) is 13.8 Å². The van der Waals surface area contributed by atoms with Crippen molar-refractivity contribution in [1.29, 1.82) is 0 Å². The van der Waals surface area contributed by atoms with Crippen molar-refractivity contribution in [2.75, 3.05) is 11.4 Å². The van der Waals surface area contributed by atoms with Crippen LogP contribution in [0.5, 0.6) is 5.75 Å². The van der Waals surface area contributed by atoms with Crippen LogP contribution in [0.1, 0.15) is 21.6 Å². The van der Waals surface area contributed by atoms with Crippen molar-refractivity contribution < 1.29 is 17.9 Å². The fraction of sp³-hybridized carbons (Fsp3) is 0.160.